The molecule has 0 atom stereocenters. The highest BCUT2D eigenvalue weighted by molar-refractivity contribution is 7.17. The number of aromatic nitrogens is 2. The van der Waals surface area contributed by atoms with Crippen molar-refractivity contribution in [1.29, 1.82) is 0 Å². The van der Waals surface area contributed by atoms with Crippen molar-refractivity contribution in [3.05, 3.63) is 26.7 Å². The predicted octanol–water partition coefficient (Wildman–Crippen LogP) is 2.39. The lowest BCUT2D eigenvalue weighted by Crippen LogP contribution is -2.17. The number of carbonyl (C=O) groups is 2. The number of rotatable bonds is 4. The summed E-state index contributed by atoms with van der Waals surface area (Å²) in [7, 11) is 1.32. The summed E-state index contributed by atoms with van der Waals surface area (Å²) >= 11 is 2.41. The van der Waals surface area contributed by atoms with E-state index < -0.39 is 5.97 Å². The standard InChI is InChI=1S/C14H18N4O3S2/c1-14(2,3)10-9(12(20)21-4)23-13(17-10)18-11(19)7-6-22-8(5-15)16-7/h6H,5,15H2,1-4H3,(H,17,18,19). The summed E-state index contributed by atoms with van der Waals surface area (Å²) in [5, 5.41) is 5.32. The molecule has 0 unspecified atom stereocenters. The van der Waals surface area contributed by atoms with Gasteiger partial charge >= 0.3 is 5.97 Å². The molecular weight excluding hydrogens is 336 g/mol. The van der Waals surface area contributed by atoms with Gasteiger partial charge in [-0.2, -0.15) is 0 Å². The number of amides is 1. The number of nitrogens with one attached hydrogen (secondary N) is 1. The van der Waals surface area contributed by atoms with Crippen molar-refractivity contribution in [2.24, 2.45) is 5.73 Å². The number of thiazole rings is 2. The van der Waals surface area contributed by atoms with Gasteiger partial charge in [0.25, 0.3) is 5.91 Å². The van der Waals surface area contributed by atoms with Crippen LogP contribution in [-0.4, -0.2) is 29.0 Å². The maximum Gasteiger partial charge on any atom is 0.350 e. The van der Waals surface area contributed by atoms with Crippen LogP contribution in [0.15, 0.2) is 5.38 Å². The van der Waals surface area contributed by atoms with E-state index in [0.717, 1.165) is 11.3 Å². The largest absolute Gasteiger partial charge is 0.465 e. The normalized spacial score (nSPS) is 11.3. The van der Waals surface area contributed by atoms with Crippen LogP contribution in [0.3, 0.4) is 0 Å². The Hall–Kier alpha value is -1.84. The third-order valence-corrected chi connectivity index (χ3v) is 4.71. The highest BCUT2D eigenvalue weighted by atomic mass is 32.1. The smallest absolute Gasteiger partial charge is 0.350 e. The minimum atomic E-state index is -0.466. The molecule has 1 amide bonds. The zero-order chi connectivity index (χ0) is 17.2. The van der Waals surface area contributed by atoms with Crippen LogP contribution in [-0.2, 0) is 16.7 Å². The lowest BCUT2D eigenvalue weighted by Gasteiger charge is -2.16. The number of carbonyl (C=O) groups excluding carboxylic acids is 2. The van der Waals surface area contributed by atoms with Crippen LogP contribution in [0.25, 0.3) is 0 Å². The molecule has 0 radical (unpaired) electrons. The molecule has 9 heteroatoms. The summed E-state index contributed by atoms with van der Waals surface area (Å²) in [5.74, 6) is -0.849. The fraction of sp³-hybridized carbons (Fsp3) is 0.429. The zero-order valence-corrected chi connectivity index (χ0v) is 14.9. The molecule has 2 rings (SSSR count). The molecule has 2 heterocycles. The highest BCUT2D eigenvalue weighted by Gasteiger charge is 2.28. The third-order valence-electron chi connectivity index (χ3n) is 2.89. The number of ether oxygens (including phenoxy) is 1. The molecule has 0 fully saturated rings. The van der Waals surface area contributed by atoms with Gasteiger partial charge in [0.05, 0.1) is 12.8 Å². The summed E-state index contributed by atoms with van der Waals surface area (Å²) in [4.78, 5) is 33.0. The molecular formula is C14H18N4O3S2. The van der Waals surface area contributed by atoms with Gasteiger partial charge in [0.1, 0.15) is 15.6 Å². The van der Waals surface area contributed by atoms with E-state index in [-0.39, 0.29) is 23.6 Å². The number of hydrogen-bond donors (Lipinski definition) is 2. The van der Waals surface area contributed by atoms with Gasteiger partial charge in [-0.1, -0.05) is 32.1 Å². The number of anilines is 1. The summed E-state index contributed by atoms with van der Waals surface area (Å²) in [6, 6.07) is 0. The van der Waals surface area contributed by atoms with Gasteiger partial charge in [-0.25, -0.2) is 14.8 Å². The molecule has 23 heavy (non-hydrogen) atoms. The lowest BCUT2D eigenvalue weighted by atomic mass is 9.91. The van der Waals surface area contributed by atoms with E-state index in [9.17, 15) is 9.59 Å². The average molecular weight is 354 g/mol. The minimum Gasteiger partial charge on any atom is -0.465 e. The summed E-state index contributed by atoms with van der Waals surface area (Å²) in [5.41, 5.74) is 6.01. The monoisotopic (exact) mass is 354 g/mol. The van der Waals surface area contributed by atoms with E-state index in [2.05, 4.69) is 15.3 Å². The van der Waals surface area contributed by atoms with Crippen LogP contribution in [0.5, 0.6) is 0 Å². The van der Waals surface area contributed by atoms with Crippen molar-refractivity contribution in [2.45, 2.75) is 32.7 Å². The molecule has 0 aliphatic rings. The molecule has 0 saturated heterocycles. The Morgan fingerprint density at radius 3 is 2.57 bits per heavy atom. The highest BCUT2D eigenvalue weighted by Crippen LogP contribution is 2.32. The van der Waals surface area contributed by atoms with Crippen molar-refractivity contribution < 1.29 is 14.3 Å². The number of methoxy groups -OCH3 is 1. The zero-order valence-electron chi connectivity index (χ0n) is 13.3. The summed E-state index contributed by atoms with van der Waals surface area (Å²) in [6.07, 6.45) is 0. The molecule has 0 aliphatic carbocycles. The second kappa shape index (κ2) is 6.73. The molecule has 0 aromatic carbocycles. The quantitative estimate of drug-likeness (QED) is 0.816. The molecule has 0 bridgehead atoms. The first-order valence-corrected chi connectivity index (χ1v) is 8.51. The van der Waals surface area contributed by atoms with Crippen molar-refractivity contribution in [3.63, 3.8) is 0 Å². The van der Waals surface area contributed by atoms with Gasteiger partial charge in [0.2, 0.25) is 0 Å². The van der Waals surface area contributed by atoms with Gasteiger partial charge in [-0.15, -0.1) is 11.3 Å². The van der Waals surface area contributed by atoms with Gasteiger partial charge < -0.3 is 10.5 Å². The lowest BCUT2D eigenvalue weighted by molar-refractivity contribution is 0.0603. The number of hydrogen-bond acceptors (Lipinski definition) is 8. The Kier molecular flexibility index (Phi) is 5.12. The van der Waals surface area contributed by atoms with Gasteiger partial charge in [-0.3, -0.25) is 10.1 Å². The minimum absolute atomic E-state index is 0.280. The second-order valence-corrected chi connectivity index (χ2v) is 7.66. The molecule has 2 aromatic rings. The Morgan fingerprint density at radius 2 is 2.04 bits per heavy atom. The van der Waals surface area contributed by atoms with E-state index in [1.165, 1.54) is 18.4 Å². The summed E-state index contributed by atoms with van der Waals surface area (Å²) < 4.78 is 4.79. The third kappa shape index (κ3) is 3.92. The van der Waals surface area contributed by atoms with E-state index in [0.29, 0.717) is 20.7 Å². The van der Waals surface area contributed by atoms with E-state index in [4.69, 9.17) is 10.5 Å². The first-order chi connectivity index (χ1) is 10.8. The average Bonchev–Trinajstić information content (AvgIpc) is 3.12. The van der Waals surface area contributed by atoms with Crippen LogP contribution < -0.4 is 11.1 Å². The predicted molar refractivity (Wildman–Crippen MR) is 90.1 cm³/mol. The molecule has 7 nitrogen and oxygen atoms in total. The van der Waals surface area contributed by atoms with Crippen LogP contribution in [0, 0.1) is 0 Å². The fourth-order valence-corrected chi connectivity index (χ4v) is 3.53. The number of esters is 1. The van der Waals surface area contributed by atoms with Crippen molar-refractivity contribution in [2.75, 3.05) is 12.4 Å². The molecule has 3 N–H and O–H groups in total. The van der Waals surface area contributed by atoms with Crippen LogP contribution in [0.4, 0.5) is 5.13 Å². The van der Waals surface area contributed by atoms with Crippen LogP contribution in [0.1, 0.15) is 51.6 Å². The van der Waals surface area contributed by atoms with Gasteiger partial charge in [0.15, 0.2) is 5.13 Å². The Bertz CT molecular complexity index is 731. The van der Waals surface area contributed by atoms with Crippen molar-refractivity contribution >= 4 is 39.7 Å². The first kappa shape index (κ1) is 17.5. The van der Waals surface area contributed by atoms with E-state index >= 15 is 0 Å². The molecule has 2 aromatic heterocycles. The van der Waals surface area contributed by atoms with Crippen molar-refractivity contribution in [3.8, 4) is 0 Å². The fourth-order valence-electron chi connectivity index (χ4n) is 1.78. The Balaban J connectivity index is 2.28. The number of nitrogens with zero attached hydrogens (tertiary/aromatic N) is 2. The maximum absolute atomic E-state index is 12.2. The SMILES string of the molecule is COC(=O)c1sc(NC(=O)c2csc(CN)n2)nc1C(C)(C)C. The van der Waals surface area contributed by atoms with Crippen LogP contribution >= 0.6 is 22.7 Å². The summed E-state index contributed by atoms with van der Waals surface area (Å²) in [6.45, 7) is 6.10. The van der Waals surface area contributed by atoms with Gasteiger partial charge in [0, 0.05) is 17.3 Å². The van der Waals surface area contributed by atoms with E-state index in [1.54, 1.807) is 5.38 Å². The maximum atomic E-state index is 12.2. The molecule has 124 valence electrons. The van der Waals surface area contributed by atoms with E-state index in [1.807, 2.05) is 20.8 Å². The molecule has 0 saturated carbocycles. The van der Waals surface area contributed by atoms with Crippen molar-refractivity contribution in [1.82, 2.24) is 9.97 Å². The topological polar surface area (TPSA) is 107 Å². The Labute approximate surface area is 141 Å². The Morgan fingerprint density at radius 1 is 1.35 bits per heavy atom. The first-order valence-electron chi connectivity index (χ1n) is 6.81. The number of nitrogens with two attached hydrogens (primary N) is 1. The van der Waals surface area contributed by atoms with Crippen LogP contribution in [0.2, 0.25) is 0 Å². The second-order valence-electron chi connectivity index (χ2n) is 5.72. The molecule has 0 spiro atoms. The molecule has 0 aliphatic heterocycles. The van der Waals surface area contributed by atoms with Gasteiger partial charge in [-0.05, 0) is 0 Å².